The van der Waals surface area contributed by atoms with Crippen LogP contribution in [-0.2, 0) is 9.84 Å². The maximum absolute atomic E-state index is 11.8. The molecule has 0 amide bonds. The second kappa shape index (κ2) is 3.87. The van der Waals surface area contributed by atoms with E-state index in [-0.39, 0.29) is 17.4 Å². The van der Waals surface area contributed by atoms with Gasteiger partial charge in [0.2, 0.25) is 9.84 Å². The van der Waals surface area contributed by atoms with Gasteiger partial charge in [-0.3, -0.25) is 0 Å². The Morgan fingerprint density at radius 2 is 2.12 bits per heavy atom. The minimum absolute atomic E-state index is 0.0900. The number of hydrogen-bond donors (Lipinski definition) is 1. The molecule has 0 fully saturated rings. The van der Waals surface area contributed by atoms with Crippen molar-refractivity contribution in [2.75, 3.05) is 6.61 Å². The van der Waals surface area contributed by atoms with Crippen molar-refractivity contribution in [1.29, 1.82) is 0 Å². The Hall–Kier alpha value is -0.840. The smallest absolute Gasteiger partial charge is 0.200 e. The number of aliphatic hydroxyl groups excluding tert-OH is 1. The highest BCUT2D eigenvalue weighted by Gasteiger charge is 2.29. The van der Waals surface area contributed by atoms with Crippen LogP contribution in [0.5, 0.6) is 0 Å². The summed E-state index contributed by atoms with van der Waals surface area (Å²) < 4.78 is 23.6. The molecule has 2 rings (SSSR count). The van der Waals surface area contributed by atoms with Gasteiger partial charge in [-0.15, -0.1) is 0 Å². The second-order valence-electron chi connectivity index (χ2n) is 3.84. The lowest BCUT2D eigenvalue weighted by Gasteiger charge is -2.10. The zero-order valence-electron chi connectivity index (χ0n) is 8.64. The number of benzene rings is 1. The van der Waals surface area contributed by atoms with Crippen molar-refractivity contribution in [2.24, 2.45) is 5.92 Å². The van der Waals surface area contributed by atoms with Gasteiger partial charge in [-0.25, -0.2) is 8.42 Å². The molecule has 0 aromatic heterocycles. The molecule has 0 spiro atoms. The van der Waals surface area contributed by atoms with Gasteiger partial charge in [0.1, 0.15) is 0 Å². The SMILES string of the molecule is CC(CO)C1=CS(=O)(=O)c2ccc(Cl)cc21. The molecule has 0 bridgehead atoms. The van der Waals surface area contributed by atoms with E-state index in [0.717, 1.165) is 0 Å². The zero-order chi connectivity index (χ0) is 11.9. The fourth-order valence-electron chi connectivity index (χ4n) is 1.75. The van der Waals surface area contributed by atoms with Gasteiger partial charge < -0.3 is 5.11 Å². The van der Waals surface area contributed by atoms with E-state index < -0.39 is 9.84 Å². The van der Waals surface area contributed by atoms with Crippen LogP contribution >= 0.6 is 11.6 Å². The largest absolute Gasteiger partial charge is 0.396 e. The van der Waals surface area contributed by atoms with Crippen LogP contribution in [0.15, 0.2) is 28.5 Å². The van der Waals surface area contributed by atoms with E-state index in [1.165, 1.54) is 11.5 Å². The topological polar surface area (TPSA) is 54.4 Å². The van der Waals surface area contributed by atoms with E-state index in [4.69, 9.17) is 16.7 Å². The third-order valence-electron chi connectivity index (χ3n) is 2.65. The first-order chi connectivity index (χ1) is 7.45. The minimum atomic E-state index is -3.36. The van der Waals surface area contributed by atoms with E-state index in [1.807, 2.05) is 0 Å². The van der Waals surface area contributed by atoms with Gasteiger partial charge >= 0.3 is 0 Å². The van der Waals surface area contributed by atoms with Crippen LogP contribution in [0, 0.1) is 5.92 Å². The first-order valence-electron chi connectivity index (χ1n) is 4.83. The quantitative estimate of drug-likeness (QED) is 0.884. The standard InChI is InChI=1S/C11H11ClO3S/c1-7(5-13)10-6-16(14,15)11-3-2-8(12)4-9(10)11/h2-4,6-7,13H,5H2,1H3. The number of rotatable bonds is 2. The van der Waals surface area contributed by atoms with E-state index in [1.54, 1.807) is 19.1 Å². The molecule has 86 valence electrons. The summed E-state index contributed by atoms with van der Waals surface area (Å²) in [5, 5.41) is 10.8. The van der Waals surface area contributed by atoms with Gasteiger partial charge in [0.15, 0.2) is 0 Å². The fourth-order valence-corrected chi connectivity index (χ4v) is 3.48. The molecule has 0 saturated carbocycles. The number of halogens is 1. The number of fused-ring (bicyclic) bond motifs is 1. The molecule has 1 heterocycles. The van der Waals surface area contributed by atoms with Crippen molar-refractivity contribution in [3.8, 4) is 0 Å². The highest BCUT2D eigenvalue weighted by molar-refractivity contribution is 7.95. The van der Waals surface area contributed by atoms with Gasteiger partial charge in [0, 0.05) is 23.0 Å². The third kappa shape index (κ3) is 1.77. The molecule has 1 aromatic rings. The summed E-state index contributed by atoms with van der Waals surface area (Å²) in [6.07, 6.45) is 0. The number of hydrogen-bond acceptors (Lipinski definition) is 3. The molecule has 0 radical (unpaired) electrons. The number of sulfone groups is 1. The normalized spacial score (nSPS) is 19.1. The molecule has 5 heteroatoms. The molecule has 16 heavy (non-hydrogen) atoms. The van der Waals surface area contributed by atoms with E-state index >= 15 is 0 Å². The predicted molar refractivity (Wildman–Crippen MR) is 62.9 cm³/mol. The van der Waals surface area contributed by atoms with Crippen LogP contribution in [-0.4, -0.2) is 20.1 Å². The summed E-state index contributed by atoms with van der Waals surface area (Å²) >= 11 is 5.85. The van der Waals surface area contributed by atoms with Gasteiger partial charge in [0.25, 0.3) is 0 Å². The monoisotopic (exact) mass is 258 g/mol. The van der Waals surface area contributed by atoms with E-state index in [2.05, 4.69) is 0 Å². The van der Waals surface area contributed by atoms with Crippen LogP contribution in [0.2, 0.25) is 5.02 Å². The average Bonchev–Trinajstić information content (AvgIpc) is 2.49. The summed E-state index contributed by atoms with van der Waals surface area (Å²) in [6, 6.07) is 4.68. The van der Waals surface area contributed by atoms with Gasteiger partial charge in [0.05, 0.1) is 4.90 Å². The molecule has 0 saturated heterocycles. The lowest BCUT2D eigenvalue weighted by Crippen LogP contribution is -2.02. The Bertz CT molecular complexity index is 561. The molecule has 1 aliphatic heterocycles. The molecule has 0 aliphatic carbocycles. The molecular formula is C11H11ClO3S. The summed E-state index contributed by atoms with van der Waals surface area (Å²) in [5.41, 5.74) is 1.23. The van der Waals surface area contributed by atoms with Gasteiger partial charge in [-0.1, -0.05) is 18.5 Å². The van der Waals surface area contributed by atoms with Crippen LogP contribution in [0.1, 0.15) is 12.5 Å². The van der Waals surface area contributed by atoms with Crippen molar-refractivity contribution in [3.05, 3.63) is 34.2 Å². The maximum atomic E-state index is 11.8. The first kappa shape index (κ1) is 11.6. The Labute approximate surface area is 99.3 Å². The van der Waals surface area contributed by atoms with Gasteiger partial charge in [-0.2, -0.15) is 0 Å². The molecule has 1 aliphatic rings. The Kier molecular flexibility index (Phi) is 2.82. The van der Waals surface area contributed by atoms with Crippen molar-refractivity contribution < 1.29 is 13.5 Å². The molecule has 1 atom stereocenters. The Morgan fingerprint density at radius 3 is 2.75 bits per heavy atom. The minimum Gasteiger partial charge on any atom is -0.396 e. The van der Waals surface area contributed by atoms with Crippen molar-refractivity contribution >= 4 is 27.0 Å². The summed E-state index contributed by atoms with van der Waals surface area (Å²) in [4.78, 5) is 0.271. The zero-order valence-corrected chi connectivity index (χ0v) is 10.2. The Balaban J connectivity index is 2.66. The lowest BCUT2D eigenvalue weighted by molar-refractivity contribution is 0.266. The summed E-state index contributed by atoms with van der Waals surface area (Å²) in [6.45, 7) is 1.69. The average molecular weight is 259 g/mol. The van der Waals surface area contributed by atoms with Crippen LogP contribution in [0.25, 0.3) is 5.57 Å². The Morgan fingerprint density at radius 1 is 1.44 bits per heavy atom. The molecule has 1 unspecified atom stereocenters. The second-order valence-corrected chi connectivity index (χ2v) is 6.04. The maximum Gasteiger partial charge on any atom is 0.200 e. The van der Waals surface area contributed by atoms with Crippen LogP contribution in [0.3, 0.4) is 0 Å². The van der Waals surface area contributed by atoms with E-state index in [0.29, 0.717) is 16.2 Å². The van der Waals surface area contributed by atoms with Crippen LogP contribution < -0.4 is 0 Å². The fraction of sp³-hybridized carbons (Fsp3) is 0.273. The number of aliphatic hydroxyl groups is 1. The molecule has 3 nitrogen and oxygen atoms in total. The molecular weight excluding hydrogens is 248 g/mol. The lowest BCUT2D eigenvalue weighted by atomic mass is 9.96. The van der Waals surface area contributed by atoms with Gasteiger partial charge in [-0.05, 0) is 29.3 Å². The van der Waals surface area contributed by atoms with Crippen molar-refractivity contribution in [3.63, 3.8) is 0 Å². The molecule has 1 N–H and O–H groups in total. The van der Waals surface area contributed by atoms with Crippen molar-refractivity contribution in [1.82, 2.24) is 0 Å². The van der Waals surface area contributed by atoms with E-state index in [9.17, 15) is 8.42 Å². The predicted octanol–water partition coefficient (Wildman–Crippen LogP) is 2.10. The van der Waals surface area contributed by atoms with Crippen molar-refractivity contribution in [2.45, 2.75) is 11.8 Å². The highest BCUT2D eigenvalue weighted by atomic mass is 35.5. The highest BCUT2D eigenvalue weighted by Crippen LogP contribution is 2.38. The summed E-state index contributed by atoms with van der Waals surface area (Å²) in [7, 11) is -3.36. The first-order valence-corrected chi connectivity index (χ1v) is 6.75. The van der Waals surface area contributed by atoms with Crippen LogP contribution in [0.4, 0.5) is 0 Å². The molecule has 1 aromatic carbocycles. The third-order valence-corrected chi connectivity index (χ3v) is 4.41. The summed E-state index contributed by atoms with van der Waals surface area (Å²) in [5.74, 6) is -0.213.